The highest BCUT2D eigenvalue weighted by molar-refractivity contribution is 5.98. The fraction of sp³-hybridized carbons (Fsp3) is 0.235. The van der Waals surface area contributed by atoms with Gasteiger partial charge in [-0.15, -0.1) is 0 Å². The van der Waals surface area contributed by atoms with Gasteiger partial charge in [-0.1, -0.05) is 24.3 Å². The first-order valence-electron chi connectivity index (χ1n) is 7.08. The number of para-hydroxylation sites is 2. The smallest absolute Gasteiger partial charge is 0.337 e. The summed E-state index contributed by atoms with van der Waals surface area (Å²) in [7, 11) is 0. The van der Waals surface area contributed by atoms with Crippen molar-refractivity contribution in [2.75, 3.05) is 10.6 Å². The quantitative estimate of drug-likeness (QED) is 0.828. The number of hydrogen-bond donors (Lipinski definition) is 2. The number of fused-ring (bicyclic) bond motifs is 1. The van der Waals surface area contributed by atoms with Crippen molar-refractivity contribution in [2.24, 2.45) is 0 Å². The third-order valence-electron chi connectivity index (χ3n) is 4.10. The summed E-state index contributed by atoms with van der Waals surface area (Å²) < 4.78 is 0. The lowest BCUT2D eigenvalue weighted by atomic mass is 9.95. The minimum atomic E-state index is -0.993. The van der Waals surface area contributed by atoms with Crippen LogP contribution in [0.1, 0.15) is 29.3 Å². The maximum Gasteiger partial charge on any atom is 0.337 e. The minimum Gasteiger partial charge on any atom is -0.478 e. The number of nitrogen functional groups attached to an aromatic ring is 1. The largest absolute Gasteiger partial charge is 0.478 e. The van der Waals surface area contributed by atoms with E-state index < -0.39 is 5.97 Å². The summed E-state index contributed by atoms with van der Waals surface area (Å²) in [4.78, 5) is 13.4. The number of aryl methyl sites for hydroxylation is 1. The summed E-state index contributed by atoms with van der Waals surface area (Å²) in [5.74, 6) is -0.993. The molecule has 4 heteroatoms. The van der Waals surface area contributed by atoms with Gasteiger partial charge in [0.25, 0.3) is 0 Å². The molecule has 21 heavy (non-hydrogen) atoms. The molecule has 0 spiro atoms. The van der Waals surface area contributed by atoms with E-state index in [9.17, 15) is 9.90 Å². The van der Waals surface area contributed by atoms with Gasteiger partial charge < -0.3 is 15.7 Å². The lowest BCUT2D eigenvalue weighted by Gasteiger charge is -2.38. The van der Waals surface area contributed by atoms with Crippen molar-refractivity contribution in [3.8, 4) is 0 Å². The van der Waals surface area contributed by atoms with Gasteiger partial charge in [0, 0.05) is 11.7 Å². The van der Waals surface area contributed by atoms with Gasteiger partial charge in [-0.05, 0) is 43.5 Å². The van der Waals surface area contributed by atoms with Crippen LogP contribution in [0.15, 0.2) is 42.5 Å². The van der Waals surface area contributed by atoms with Crippen LogP contribution in [0, 0.1) is 0 Å². The number of carboxylic acids is 1. The van der Waals surface area contributed by atoms with Crippen molar-refractivity contribution in [3.63, 3.8) is 0 Å². The first-order valence-corrected chi connectivity index (χ1v) is 7.08. The standard InChI is InChI=1S/C17H18N2O2/c1-11-9-10-12-5-2-3-7-14(12)19(11)15-8-4-6-13(16(15)18)17(20)21/h2-8,11H,9-10,18H2,1H3,(H,20,21). The molecule has 0 bridgehead atoms. The lowest BCUT2D eigenvalue weighted by molar-refractivity contribution is 0.0698. The monoisotopic (exact) mass is 282 g/mol. The minimum absolute atomic E-state index is 0.155. The number of carbonyl (C=O) groups is 1. The molecule has 3 N–H and O–H groups in total. The summed E-state index contributed by atoms with van der Waals surface area (Å²) in [6, 6.07) is 13.7. The SMILES string of the molecule is CC1CCc2ccccc2N1c1cccc(C(=O)O)c1N. The summed E-state index contributed by atoms with van der Waals surface area (Å²) in [5.41, 5.74) is 9.76. The molecule has 1 aliphatic heterocycles. The van der Waals surface area contributed by atoms with Gasteiger partial charge in [0.15, 0.2) is 0 Å². The molecule has 0 saturated heterocycles. The highest BCUT2D eigenvalue weighted by atomic mass is 16.4. The zero-order valence-corrected chi connectivity index (χ0v) is 11.9. The Morgan fingerprint density at radius 1 is 1.19 bits per heavy atom. The Balaban J connectivity index is 2.16. The molecule has 0 amide bonds. The van der Waals surface area contributed by atoms with E-state index in [2.05, 4.69) is 24.0 Å². The Kier molecular flexibility index (Phi) is 3.29. The molecule has 1 atom stereocenters. The predicted molar refractivity (Wildman–Crippen MR) is 84.2 cm³/mol. The number of anilines is 3. The van der Waals surface area contributed by atoms with Crippen molar-refractivity contribution < 1.29 is 9.90 Å². The Morgan fingerprint density at radius 2 is 1.90 bits per heavy atom. The molecule has 3 rings (SSSR count). The Hall–Kier alpha value is -2.49. The van der Waals surface area contributed by atoms with Crippen LogP contribution < -0.4 is 10.6 Å². The summed E-state index contributed by atoms with van der Waals surface area (Å²) >= 11 is 0. The third kappa shape index (κ3) is 2.23. The Morgan fingerprint density at radius 3 is 2.67 bits per heavy atom. The first kappa shape index (κ1) is 13.5. The fourth-order valence-electron chi connectivity index (χ4n) is 3.00. The Labute approximate surface area is 123 Å². The Bertz CT molecular complexity index is 697. The van der Waals surface area contributed by atoms with Crippen LogP contribution in [0.2, 0.25) is 0 Å². The van der Waals surface area contributed by atoms with Crippen molar-refractivity contribution in [2.45, 2.75) is 25.8 Å². The predicted octanol–water partition coefficient (Wildman–Crippen LogP) is 3.44. The van der Waals surface area contributed by atoms with Crippen molar-refractivity contribution in [1.29, 1.82) is 0 Å². The molecule has 0 aromatic heterocycles. The summed E-state index contributed by atoms with van der Waals surface area (Å²) in [6.45, 7) is 2.14. The normalized spacial score (nSPS) is 17.4. The van der Waals surface area contributed by atoms with E-state index >= 15 is 0 Å². The number of carboxylic acid groups (broad SMARTS) is 1. The number of rotatable bonds is 2. The average Bonchev–Trinajstić information content (AvgIpc) is 2.48. The van der Waals surface area contributed by atoms with Gasteiger partial charge in [0.1, 0.15) is 0 Å². The third-order valence-corrected chi connectivity index (χ3v) is 4.10. The maximum absolute atomic E-state index is 11.3. The van der Waals surface area contributed by atoms with E-state index in [1.807, 2.05) is 18.2 Å². The van der Waals surface area contributed by atoms with E-state index in [0.717, 1.165) is 24.2 Å². The van der Waals surface area contributed by atoms with Crippen LogP contribution in [-0.2, 0) is 6.42 Å². The van der Waals surface area contributed by atoms with Gasteiger partial charge in [-0.3, -0.25) is 0 Å². The van der Waals surface area contributed by atoms with Gasteiger partial charge >= 0.3 is 5.97 Å². The fourth-order valence-corrected chi connectivity index (χ4v) is 3.00. The summed E-state index contributed by atoms with van der Waals surface area (Å²) in [6.07, 6.45) is 2.06. The van der Waals surface area contributed by atoms with Crippen LogP contribution in [0.25, 0.3) is 0 Å². The van der Waals surface area contributed by atoms with Crippen LogP contribution in [0.3, 0.4) is 0 Å². The molecule has 0 fully saturated rings. The van der Waals surface area contributed by atoms with Crippen molar-refractivity contribution >= 4 is 23.0 Å². The van der Waals surface area contributed by atoms with Crippen LogP contribution in [-0.4, -0.2) is 17.1 Å². The van der Waals surface area contributed by atoms with Crippen LogP contribution in [0.4, 0.5) is 17.1 Å². The van der Waals surface area contributed by atoms with Gasteiger partial charge in [0.05, 0.1) is 16.9 Å². The van der Waals surface area contributed by atoms with E-state index in [4.69, 9.17) is 5.73 Å². The zero-order chi connectivity index (χ0) is 15.0. The molecule has 0 radical (unpaired) electrons. The van der Waals surface area contributed by atoms with Gasteiger partial charge in [0.2, 0.25) is 0 Å². The van der Waals surface area contributed by atoms with E-state index in [1.165, 1.54) is 5.56 Å². The number of hydrogen-bond acceptors (Lipinski definition) is 3. The second kappa shape index (κ2) is 5.13. The highest BCUT2D eigenvalue weighted by Crippen LogP contribution is 2.40. The first-order chi connectivity index (χ1) is 10.1. The molecule has 0 saturated carbocycles. The van der Waals surface area contributed by atoms with Crippen molar-refractivity contribution in [3.05, 3.63) is 53.6 Å². The molecular weight excluding hydrogens is 264 g/mol. The number of benzene rings is 2. The molecule has 0 aliphatic carbocycles. The molecule has 1 unspecified atom stereocenters. The number of aromatic carboxylic acids is 1. The lowest BCUT2D eigenvalue weighted by Crippen LogP contribution is -2.33. The van der Waals surface area contributed by atoms with Crippen LogP contribution >= 0.6 is 0 Å². The van der Waals surface area contributed by atoms with Crippen LogP contribution in [0.5, 0.6) is 0 Å². The van der Waals surface area contributed by atoms with Gasteiger partial charge in [-0.25, -0.2) is 4.79 Å². The molecular formula is C17H18N2O2. The molecule has 1 aliphatic rings. The van der Waals surface area contributed by atoms with E-state index in [1.54, 1.807) is 12.1 Å². The second-order valence-electron chi connectivity index (χ2n) is 5.43. The highest BCUT2D eigenvalue weighted by Gasteiger charge is 2.26. The number of nitrogens with two attached hydrogens (primary N) is 1. The summed E-state index contributed by atoms with van der Waals surface area (Å²) in [5, 5.41) is 9.25. The van der Waals surface area contributed by atoms with Gasteiger partial charge in [-0.2, -0.15) is 0 Å². The van der Waals surface area contributed by atoms with Crippen molar-refractivity contribution in [1.82, 2.24) is 0 Å². The maximum atomic E-state index is 11.3. The topological polar surface area (TPSA) is 66.6 Å². The van der Waals surface area contributed by atoms with E-state index in [0.29, 0.717) is 5.69 Å². The molecule has 2 aromatic rings. The second-order valence-corrected chi connectivity index (χ2v) is 5.43. The number of nitrogens with zero attached hydrogens (tertiary/aromatic N) is 1. The molecule has 108 valence electrons. The van der Waals surface area contributed by atoms with E-state index in [-0.39, 0.29) is 11.6 Å². The average molecular weight is 282 g/mol. The molecule has 1 heterocycles. The molecule has 4 nitrogen and oxygen atoms in total. The molecule has 2 aromatic carbocycles. The zero-order valence-electron chi connectivity index (χ0n) is 11.9.